The molecule has 1 heterocycles. The Morgan fingerprint density at radius 1 is 0.833 bits per heavy atom. The van der Waals surface area contributed by atoms with Crippen LogP contribution >= 0.6 is 0 Å². The first-order valence-corrected chi connectivity index (χ1v) is 21.9. The van der Waals surface area contributed by atoms with Crippen LogP contribution in [0.4, 0.5) is 0 Å². The molecule has 6 fully saturated rings. The highest BCUT2D eigenvalue weighted by atomic mass is 16.5. The maximum Gasteiger partial charge on any atom is 0.309 e. The van der Waals surface area contributed by atoms with Gasteiger partial charge in [-0.25, -0.2) is 0 Å². The molecule has 7 rings (SSSR count). The minimum absolute atomic E-state index is 0.0868. The second-order valence-corrected chi connectivity index (χ2v) is 21.6. The van der Waals surface area contributed by atoms with Crippen LogP contribution in [0.3, 0.4) is 0 Å². The van der Waals surface area contributed by atoms with Gasteiger partial charge >= 0.3 is 11.9 Å². The van der Waals surface area contributed by atoms with Gasteiger partial charge in [-0.3, -0.25) is 14.5 Å². The molecule has 1 aromatic carbocycles. The number of benzene rings is 1. The van der Waals surface area contributed by atoms with Crippen molar-refractivity contribution < 1.29 is 19.4 Å². The van der Waals surface area contributed by atoms with E-state index in [-0.39, 0.29) is 34.7 Å². The molecule has 0 spiro atoms. The van der Waals surface area contributed by atoms with Crippen LogP contribution in [0, 0.1) is 62.1 Å². The number of allylic oxidation sites excluding steroid dienone is 1. The van der Waals surface area contributed by atoms with Crippen molar-refractivity contribution in [1.82, 2.24) is 9.80 Å². The summed E-state index contributed by atoms with van der Waals surface area (Å²) in [5.74, 6) is 1.98. The number of carbonyl (C=O) groups excluding carboxylic acids is 1. The van der Waals surface area contributed by atoms with Crippen LogP contribution in [0.2, 0.25) is 0 Å². The number of carboxylic acids is 1. The van der Waals surface area contributed by atoms with Gasteiger partial charge in [-0.2, -0.15) is 0 Å². The van der Waals surface area contributed by atoms with E-state index in [0.717, 1.165) is 31.2 Å². The summed E-state index contributed by atoms with van der Waals surface area (Å²) in [6.45, 7) is 30.1. The zero-order valence-corrected chi connectivity index (χ0v) is 35.4. The van der Waals surface area contributed by atoms with E-state index < -0.39 is 11.4 Å². The lowest BCUT2D eigenvalue weighted by Gasteiger charge is -2.73. The molecule has 1 N–H and O–H groups in total. The van der Waals surface area contributed by atoms with E-state index in [2.05, 4.69) is 88.3 Å². The van der Waals surface area contributed by atoms with Gasteiger partial charge in [0.15, 0.2) is 0 Å². The van der Waals surface area contributed by atoms with Gasteiger partial charge in [-0.15, -0.1) is 0 Å². The number of nitrogens with zero attached hydrogens (tertiary/aromatic N) is 2. The Morgan fingerprint density at radius 2 is 1.52 bits per heavy atom. The van der Waals surface area contributed by atoms with Crippen molar-refractivity contribution in [2.24, 2.45) is 62.1 Å². The van der Waals surface area contributed by atoms with Crippen molar-refractivity contribution in [2.45, 2.75) is 145 Å². The van der Waals surface area contributed by atoms with Gasteiger partial charge in [0.2, 0.25) is 0 Å². The van der Waals surface area contributed by atoms with Crippen LogP contribution in [0.5, 0.6) is 0 Å². The molecule has 0 bridgehead atoms. The summed E-state index contributed by atoms with van der Waals surface area (Å²) in [6, 6.07) is 11.0. The lowest BCUT2D eigenvalue weighted by atomic mass is 9.32. The van der Waals surface area contributed by atoms with Crippen molar-refractivity contribution in [3.05, 3.63) is 48.0 Å². The quantitative estimate of drug-likeness (QED) is 0.190. The van der Waals surface area contributed by atoms with Crippen molar-refractivity contribution in [3.63, 3.8) is 0 Å². The first-order valence-electron chi connectivity index (χ1n) is 21.9. The number of aliphatic carboxylic acids is 1. The van der Waals surface area contributed by atoms with Gasteiger partial charge in [-0.05, 0) is 155 Å². The Balaban J connectivity index is 1.06. The first kappa shape index (κ1) is 40.0. The summed E-state index contributed by atoms with van der Waals surface area (Å²) in [4.78, 5) is 30.3. The molecule has 6 heteroatoms. The molecule has 0 radical (unpaired) electrons. The Labute approximate surface area is 328 Å². The molecule has 6 nitrogen and oxygen atoms in total. The minimum Gasteiger partial charge on any atom is -0.481 e. The molecular formula is C48H74N2O4. The number of esters is 1. The maximum atomic E-state index is 13.1. The first-order chi connectivity index (χ1) is 25.4. The third-order valence-electron chi connectivity index (χ3n) is 18.3. The highest BCUT2D eigenvalue weighted by Gasteiger charge is 2.71. The summed E-state index contributed by atoms with van der Waals surface area (Å²) in [5, 5.41) is 9.64. The normalized spacial score (nSPS) is 40.8. The lowest BCUT2D eigenvalue weighted by molar-refractivity contribution is -0.250. The van der Waals surface area contributed by atoms with E-state index in [4.69, 9.17) is 4.74 Å². The average molecular weight is 743 g/mol. The molecule has 10 atom stereocenters. The summed E-state index contributed by atoms with van der Waals surface area (Å²) < 4.78 is 6.23. The molecule has 0 aromatic heterocycles. The zero-order chi connectivity index (χ0) is 38.9. The van der Waals surface area contributed by atoms with Crippen molar-refractivity contribution in [1.29, 1.82) is 0 Å². The van der Waals surface area contributed by atoms with Gasteiger partial charge in [-0.1, -0.05) is 77.1 Å². The van der Waals surface area contributed by atoms with E-state index in [1.807, 2.05) is 0 Å². The van der Waals surface area contributed by atoms with Crippen LogP contribution in [0.15, 0.2) is 42.5 Å². The number of carbonyl (C=O) groups is 2. The van der Waals surface area contributed by atoms with Crippen LogP contribution in [0.25, 0.3) is 0 Å². The van der Waals surface area contributed by atoms with Crippen molar-refractivity contribution >= 4 is 11.9 Å². The molecule has 5 aliphatic carbocycles. The average Bonchev–Trinajstić information content (AvgIpc) is 3.50. The summed E-state index contributed by atoms with van der Waals surface area (Å²) >= 11 is 0. The van der Waals surface area contributed by atoms with Crippen LogP contribution in [-0.4, -0.2) is 65.7 Å². The second kappa shape index (κ2) is 14.3. The fourth-order valence-electron chi connectivity index (χ4n) is 14.9. The zero-order valence-electron chi connectivity index (χ0n) is 35.4. The summed E-state index contributed by atoms with van der Waals surface area (Å²) in [5.41, 5.74) is 2.84. The molecule has 0 amide bonds. The van der Waals surface area contributed by atoms with Gasteiger partial charge < -0.3 is 14.7 Å². The Morgan fingerprint density at radius 3 is 2.19 bits per heavy atom. The fourth-order valence-corrected chi connectivity index (χ4v) is 14.9. The minimum atomic E-state index is -1.12. The van der Waals surface area contributed by atoms with Crippen molar-refractivity contribution in [2.75, 3.05) is 32.7 Å². The molecular weight excluding hydrogens is 669 g/mol. The summed E-state index contributed by atoms with van der Waals surface area (Å²) in [7, 11) is 0. The van der Waals surface area contributed by atoms with E-state index in [1.165, 1.54) is 102 Å². The maximum absolute atomic E-state index is 13.1. The molecule has 1 saturated heterocycles. The molecule has 1 aliphatic heterocycles. The van der Waals surface area contributed by atoms with Crippen molar-refractivity contribution in [3.8, 4) is 0 Å². The highest BCUT2D eigenvalue weighted by molar-refractivity contribution is 5.81. The third-order valence-corrected chi connectivity index (χ3v) is 18.3. The SMILES string of the molecule is C=C(C)[C@@H]1CC[C@]2(CCN3CCN(Cc4ccccc4)CC3)CC[C@]3(C)[C@H](CC[C@@H]4[C@@]5(C)CC[C@H](OC(=O)CC(C)(C)C(=O)O)C(C)(C)[C@@H]5CC[C@]43C)[C@@H]12. The Hall–Kier alpha value is -2.18. The largest absolute Gasteiger partial charge is 0.481 e. The Bertz CT molecular complexity index is 1560. The topological polar surface area (TPSA) is 70.1 Å². The number of hydrogen-bond acceptors (Lipinski definition) is 5. The number of piperazine rings is 1. The molecule has 300 valence electrons. The van der Waals surface area contributed by atoms with E-state index in [9.17, 15) is 14.7 Å². The van der Waals surface area contributed by atoms with Crippen LogP contribution in [0.1, 0.15) is 138 Å². The van der Waals surface area contributed by atoms with Crippen LogP contribution < -0.4 is 0 Å². The smallest absolute Gasteiger partial charge is 0.309 e. The van der Waals surface area contributed by atoms with E-state index >= 15 is 0 Å². The van der Waals surface area contributed by atoms with Gasteiger partial charge in [0, 0.05) is 38.1 Å². The number of ether oxygens (including phenoxy) is 1. The van der Waals surface area contributed by atoms with E-state index in [0.29, 0.717) is 28.6 Å². The van der Waals surface area contributed by atoms with E-state index in [1.54, 1.807) is 13.8 Å². The summed E-state index contributed by atoms with van der Waals surface area (Å²) in [6.07, 6.45) is 13.6. The predicted molar refractivity (Wildman–Crippen MR) is 218 cm³/mol. The second-order valence-electron chi connectivity index (χ2n) is 21.6. The predicted octanol–water partition coefficient (Wildman–Crippen LogP) is 10.3. The number of carboxylic acid groups (broad SMARTS) is 1. The molecule has 1 aromatic rings. The third kappa shape index (κ3) is 6.63. The monoisotopic (exact) mass is 743 g/mol. The van der Waals surface area contributed by atoms with Gasteiger partial charge in [0.25, 0.3) is 0 Å². The number of hydrogen-bond donors (Lipinski definition) is 1. The fraction of sp³-hybridized carbons (Fsp3) is 0.792. The molecule has 6 aliphatic rings. The molecule has 54 heavy (non-hydrogen) atoms. The van der Waals surface area contributed by atoms with Crippen LogP contribution in [-0.2, 0) is 20.9 Å². The number of rotatable bonds is 10. The lowest BCUT2D eigenvalue weighted by Crippen LogP contribution is -2.66. The standard InChI is InChI=1S/C48H74N2O4/c1-33(2)35-17-22-48(25-26-49-27-29-50(30-28-49)32-34-13-11-10-12-14-34)24-23-46(8)36(41(35)48)15-16-38-45(7)20-19-39(54-40(51)31-43(3,4)42(52)53)44(5,6)37(45)18-21-47(38,46)9/h10-14,35-39,41H,1,15-32H2,2-9H3,(H,52,53)/t35-,36+,37-,38+,39-,41+,45-,46+,47+,48+/m0/s1. The van der Waals surface area contributed by atoms with Gasteiger partial charge in [0.1, 0.15) is 6.10 Å². The van der Waals surface area contributed by atoms with Gasteiger partial charge in [0.05, 0.1) is 11.8 Å². The Kier molecular flexibility index (Phi) is 10.6. The molecule has 0 unspecified atom stereocenters. The highest BCUT2D eigenvalue weighted by Crippen LogP contribution is 2.78. The molecule has 5 saturated carbocycles. The number of fused-ring (bicyclic) bond motifs is 7.